The number of nitrogens with one attached hydrogen (secondary N) is 2. The summed E-state index contributed by atoms with van der Waals surface area (Å²) in [4.78, 5) is 15.7. The monoisotopic (exact) mass is 906 g/mol. The Morgan fingerprint density at radius 1 is 0.303 bits per heavy atom. The van der Waals surface area contributed by atoms with Crippen LogP contribution in [0.5, 0.6) is 0 Å². The van der Waals surface area contributed by atoms with Gasteiger partial charge in [-0.25, -0.2) is 53.9 Å². The van der Waals surface area contributed by atoms with Crippen LogP contribution in [0.3, 0.4) is 0 Å². The first-order chi connectivity index (χ1) is 31.1. The predicted octanol–water partition coefficient (Wildman–Crippen LogP) is 15.3. The number of benzene rings is 4. The number of halogens is 10. The number of aromatic amines is 2. The SMILES string of the molecule is CC(C)(C)c1ccc(-c2c3nc(c(-c4c(F)c(F)c(F)c(F)c4F)c4ccc([nH]4)c(-c4ccc(C(C)(C)C)cc4)c4nc(c(-c5c(F)c(F)c(F)c(F)c5F)c5ccc2[nH]5)C=C4)C=C3)cc1. The molecule has 0 spiro atoms. The molecule has 0 aliphatic carbocycles. The Hall–Kier alpha value is -7.22. The van der Waals surface area contributed by atoms with Gasteiger partial charge in [0, 0.05) is 44.3 Å². The largest absolute Gasteiger partial charge is 0.354 e. The molecule has 2 aliphatic heterocycles. The van der Waals surface area contributed by atoms with Gasteiger partial charge in [0.05, 0.1) is 33.9 Å². The van der Waals surface area contributed by atoms with Crippen LogP contribution in [0.2, 0.25) is 0 Å². The van der Waals surface area contributed by atoms with Crippen LogP contribution in [-0.2, 0) is 10.8 Å². The third-order valence-electron chi connectivity index (χ3n) is 11.8. The van der Waals surface area contributed by atoms with E-state index >= 15 is 35.1 Å². The fraction of sp³-hybridized carbons (Fsp3) is 0.154. The van der Waals surface area contributed by atoms with E-state index in [2.05, 4.69) is 9.97 Å². The summed E-state index contributed by atoms with van der Waals surface area (Å²) in [6, 6.07) is 20.0. The molecule has 0 amide bonds. The van der Waals surface area contributed by atoms with Gasteiger partial charge in [0.1, 0.15) is 0 Å². The first kappa shape index (κ1) is 44.0. The lowest BCUT2D eigenvalue weighted by molar-refractivity contribution is 0.381. The van der Waals surface area contributed by atoms with Crippen molar-refractivity contribution in [1.29, 1.82) is 0 Å². The van der Waals surface area contributed by atoms with Crippen molar-refractivity contribution in [3.8, 4) is 44.5 Å². The maximum absolute atomic E-state index is 16.0. The second-order valence-corrected chi connectivity index (χ2v) is 18.0. The smallest absolute Gasteiger partial charge is 0.200 e. The molecule has 5 heterocycles. The molecule has 8 bridgehead atoms. The van der Waals surface area contributed by atoms with E-state index in [-0.39, 0.29) is 66.8 Å². The van der Waals surface area contributed by atoms with Crippen LogP contribution in [0.1, 0.15) is 75.4 Å². The predicted molar refractivity (Wildman–Crippen MR) is 238 cm³/mol. The zero-order valence-electron chi connectivity index (χ0n) is 35.9. The zero-order valence-corrected chi connectivity index (χ0v) is 35.9. The molecule has 0 saturated heterocycles. The summed E-state index contributed by atoms with van der Waals surface area (Å²) in [6.45, 7) is 12.0. The van der Waals surface area contributed by atoms with Gasteiger partial charge in [0.15, 0.2) is 46.5 Å². The van der Waals surface area contributed by atoms with E-state index in [0.717, 1.165) is 11.1 Å². The lowest BCUT2D eigenvalue weighted by Gasteiger charge is -2.19. The zero-order chi connectivity index (χ0) is 47.3. The summed E-state index contributed by atoms with van der Waals surface area (Å²) in [5.41, 5.74) is -0.859. The standard InChI is InChI=1S/C52H36F10N4/c1-51(2,3)25-11-7-23(8-12-25)35-27-15-19-31(63-27)37(39-41(53)45(57)49(61)46(58)42(39)54)33-21-17-29(65-33)36(24-9-13-26(14-10-24)52(4,5)6)30-18-22-34(66-30)38(32-20-16-28(35)64-32)40-43(55)47(59)50(62)48(60)44(40)56/h7-22,63,66H,1-6H3. The minimum atomic E-state index is -2.35. The molecule has 2 N–H and O–H groups in total. The van der Waals surface area contributed by atoms with Crippen molar-refractivity contribution in [3.05, 3.63) is 165 Å². The molecule has 0 radical (unpaired) electrons. The van der Waals surface area contributed by atoms with E-state index in [0.29, 0.717) is 11.1 Å². The van der Waals surface area contributed by atoms with Gasteiger partial charge in [-0.2, -0.15) is 0 Å². The average molecular weight is 907 g/mol. The number of hydrogen-bond acceptors (Lipinski definition) is 2. The topological polar surface area (TPSA) is 57.4 Å². The molecule has 334 valence electrons. The van der Waals surface area contributed by atoms with E-state index in [4.69, 9.17) is 9.97 Å². The van der Waals surface area contributed by atoms with E-state index in [9.17, 15) is 8.78 Å². The fourth-order valence-corrected chi connectivity index (χ4v) is 8.26. The van der Waals surface area contributed by atoms with Gasteiger partial charge in [0.25, 0.3) is 0 Å². The maximum atomic E-state index is 16.0. The average Bonchev–Trinajstić information content (AvgIpc) is 4.14. The van der Waals surface area contributed by atoms with Gasteiger partial charge in [0.2, 0.25) is 11.6 Å². The highest BCUT2D eigenvalue weighted by molar-refractivity contribution is 6.00. The van der Waals surface area contributed by atoms with Crippen molar-refractivity contribution in [2.24, 2.45) is 0 Å². The highest BCUT2D eigenvalue weighted by Crippen LogP contribution is 2.43. The maximum Gasteiger partial charge on any atom is 0.200 e. The number of aromatic nitrogens is 4. The normalized spacial score (nSPS) is 12.7. The van der Waals surface area contributed by atoms with E-state index < -0.39 is 80.4 Å². The molecule has 0 saturated carbocycles. The molecule has 0 fully saturated rings. The lowest BCUT2D eigenvalue weighted by atomic mass is 9.86. The van der Waals surface area contributed by atoms with Gasteiger partial charge in [-0.3, -0.25) is 0 Å². The second-order valence-electron chi connectivity index (χ2n) is 18.0. The second kappa shape index (κ2) is 15.7. The van der Waals surface area contributed by atoms with Crippen LogP contribution in [0, 0.1) is 58.2 Å². The number of H-pyrrole nitrogens is 2. The molecular weight excluding hydrogens is 871 g/mol. The summed E-state index contributed by atoms with van der Waals surface area (Å²) in [5.74, 6) is -21.8. The molecule has 9 rings (SSSR count). The number of rotatable bonds is 4. The van der Waals surface area contributed by atoms with Crippen LogP contribution in [0.4, 0.5) is 43.9 Å². The Morgan fingerprint density at radius 2 is 0.545 bits per heavy atom. The van der Waals surface area contributed by atoms with Gasteiger partial charge < -0.3 is 9.97 Å². The fourth-order valence-electron chi connectivity index (χ4n) is 8.26. The molecule has 14 heteroatoms. The van der Waals surface area contributed by atoms with Crippen molar-refractivity contribution < 1.29 is 43.9 Å². The van der Waals surface area contributed by atoms with Gasteiger partial charge >= 0.3 is 0 Å². The van der Waals surface area contributed by atoms with Crippen molar-refractivity contribution in [2.45, 2.75) is 52.4 Å². The van der Waals surface area contributed by atoms with Crippen LogP contribution < -0.4 is 0 Å². The summed E-state index contributed by atoms with van der Waals surface area (Å²) >= 11 is 0. The third kappa shape index (κ3) is 7.19. The minimum Gasteiger partial charge on any atom is -0.354 e. The Labute approximate surface area is 371 Å². The molecule has 0 atom stereocenters. The quantitative estimate of drug-likeness (QED) is 0.105. The van der Waals surface area contributed by atoms with Gasteiger partial charge in [-0.15, -0.1) is 0 Å². The molecule has 3 aromatic heterocycles. The molecule has 66 heavy (non-hydrogen) atoms. The van der Waals surface area contributed by atoms with Crippen LogP contribution >= 0.6 is 0 Å². The van der Waals surface area contributed by atoms with Crippen LogP contribution in [0.15, 0.2) is 72.8 Å². The van der Waals surface area contributed by atoms with Crippen molar-refractivity contribution in [1.82, 2.24) is 19.9 Å². The minimum absolute atomic E-state index is 0.0971. The summed E-state index contributed by atoms with van der Waals surface area (Å²) in [5, 5.41) is 0. The number of nitrogens with zero attached hydrogens (tertiary/aromatic N) is 2. The first-order valence-electron chi connectivity index (χ1n) is 20.6. The van der Waals surface area contributed by atoms with Gasteiger partial charge in [-0.05, 0) is 81.7 Å². The highest BCUT2D eigenvalue weighted by Gasteiger charge is 2.32. The molecule has 2 aliphatic rings. The summed E-state index contributed by atoms with van der Waals surface area (Å²) in [7, 11) is 0. The van der Waals surface area contributed by atoms with Gasteiger partial charge in [-0.1, -0.05) is 90.1 Å². The first-order valence-corrected chi connectivity index (χ1v) is 20.6. The molecule has 4 aromatic carbocycles. The summed E-state index contributed by atoms with van der Waals surface area (Å²) < 4.78 is 154. The van der Waals surface area contributed by atoms with Crippen molar-refractivity contribution >= 4 is 46.4 Å². The number of fused-ring (bicyclic) bond motifs is 8. The molecule has 4 nitrogen and oxygen atoms in total. The molecule has 7 aromatic rings. The van der Waals surface area contributed by atoms with Crippen LogP contribution in [-0.4, -0.2) is 19.9 Å². The molecule has 0 unspecified atom stereocenters. The Bertz CT molecular complexity index is 3130. The van der Waals surface area contributed by atoms with Crippen LogP contribution in [0.25, 0.3) is 90.9 Å². The lowest BCUT2D eigenvalue weighted by Crippen LogP contribution is -2.10. The number of hydrogen-bond donors (Lipinski definition) is 2. The third-order valence-corrected chi connectivity index (χ3v) is 11.8. The highest BCUT2D eigenvalue weighted by atomic mass is 19.2. The van der Waals surface area contributed by atoms with Crippen molar-refractivity contribution in [2.75, 3.05) is 0 Å². The van der Waals surface area contributed by atoms with E-state index in [1.165, 1.54) is 48.6 Å². The van der Waals surface area contributed by atoms with Crippen molar-refractivity contribution in [3.63, 3.8) is 0 Å². The molecular formula is C52H36F10N4. The Kier molecular flexibility index (Phi) is 10.5. The van der Waals surface area contributed by atoms with E-state index in [1.54, 1.807) is 24.3 Å². The summed E-state index contributed by atoms with van der Waals surface area (Å²) in [6.07, 6.45) is 5.57. The Balaban J connectivity index is 1.51. The Morgan fingerprint density at radius 3 is 0.818 bits per heavy atom. The van der Waals surface area contributed by atoms with E-state index in [1.807, 2.05) is 65.8 Å².